The third-order valence-electron chi connectivity index (χ3n) is 2.60. The fraction of sp³-hybridized carbons (Fsp3) is 0.273. The predicted molar refractivity (Wildman–Crippen MR) is 54.5 cm³/mol. The predicted octanol–water partition coefficient (Wildman–Crippen LogP) is 1.58. The van der Waals surface area contributed by atoms with Gasteiger partial charge in [0, 0.05) is 17.3 Å². The summed E-state index contributed by atoms with van der Waals surface area (Å²) in [5.41, 5.74) is 14.8. The summed E-state index contributed by atoms with van der Waals surface area (Å²) in [6.45, 7) is 0. The average Bonchev–Trinajstić information content (AvgIpc) is 2.37. The lowest BCUT2D eigenvalue weighted by molar-refractivity contribution is 0.644. The van der Waals surface area contributed by atoms with Gasteiger partial charge in [-0.25, -0.2) is 0 Å². The summed E-state index contributed by atoms with van der Waals surface area (Å²) in [7, 11) is 0. The standard InChI is InChI=1S/C11H14N2/c12-10-6-7-11(13)9-5-3-1-2-4-8(9)10/h1-2,4,6-7,9H,3,5,12-13H2. The van der Waals surface area contributed by atoms with E-state index in [4.69, 9.17) is 11.5 Å². The van der Waals surface area contributed by atoms with Crippen molar-refractivity contribution in [2.24, 2.45) is 17.4 Å². The first-order valence-corrected chi connectivity index (χ1v) is 4.59. The summed E-state index contributed by atoms with van der Waals surface area (Å²) in [5.74, 6) is 0.333. The Kier molecular flexibility index (Phi) is 1.97. The molecule has 2 heteroatoms. The third-order valence-corrected chi connectivity index (χ3v) is 2.60. The Morgan fingerprint density at radius 3 is 2.85 bits per heavy atom. The highest BCUT2D eigenvalue weighted by Gasteiger charge is 2.21. The molecular formula is C11H14N2. The van der Waals surface area contributed by atoms with Gasteiger partial charge in [0.25, 0.3) is 0 Å². The fourth-order valence-corrected chi connectivity index (χ4v) is 1.84. The highest BCUT2D eigenvalue weighted by atomic mass is 14.7. The molecule has 0 radical (unpaired) electrons. The molecule has 1 atom stereocenters. The Bertz CT molecular complexity index is 332. The van der Waals surface area contributed by atoms with Gasteiger partial charge in [0.05, 0.1) is 0 Å². The van der Waals surface area contributed by atoms with E-state index >= 15 is 0 Å². The molecule has 0 fully saturated rings. The maximum Gasteiger partial charge on any atom is 0.0354 e. The molecule has 0 aromatic heterocycles. The molecule has 1 unspecified atom stereocenters. The van der Waals surface area contributed by atoms with Crippen LogP contribution < -0.4 is 11.5 Å². The molecule has 13 heavy (non-hydrogen) atoms. The van der Waals surface area contributed by atoms with Crippen molar-refractivity contribution in [3.8, 4) is 0 Å². The van der Waals surface area contributed by atoms with Crippen molar-refractivity contribution in [3.05, 3.63) is 47.3 Å². The Balaban J connectivity index is 2.40. The van der Waals surface area contributed by atoms with Crippen LogP contribution in [0.15, 0.2) is 47.3 Å². The molecule has 0 saturated carbocycles. The van der Waals surface area contributed by atoms with Crippen molar-refractivity contribution < 1.29 is 0 Å². The van der Waals surface area contributed by atoms with Crippen LogP contribution in [0.25, 0.3) is 0 Å². The van der Waals surface area contributed by atoms with Crippen LogP contribution >= 0.6 is 0 Å². The van der Waals surface area contributed by atoms with E-state index in [-0.39, 0.29) is 0 Å². The largest absolute Gasteiger partial charge is 0.402 e. The second kappa shape index (κ2) is 3.13. The minimum Gasteiger partial charge on any atom is -0.402 e. The number of fused-ring (bicyclic) bond motifs is 1. The molecule has 4 N–H and O–H groups in total. The molecule has 0 spiro atoms. The molecule has 2 aliphatic rings. The van der Waals surface area contributed by atoms with Gasteiger partial charge in [-0.15, -0.1) is 0 Å². The van der Waals surface area contributed by atoms with Crippen molar-refractivity contribution in [1.82, 2.24) is 0 Å². The van der Waals surface area contributed by atoms with Gasteiger partial charge in [0.15, 0.2) is 0 Å². The normalized spacial score (nSPS) is 26.8. The number of rotatable bonds is 0. The van der Waals surface area contributed by atoms with E-state index < -0.39 is 0 Å². The molecule has 0 aliphatic heterocycles. The van der Waals surface area contributed by atoms with Crippen LogP contribution in [0.2, 0.25) is 0 Å². The summed E-state index contributed by atoms with van der Waals surface area (Å²) in [6, 6.07) is 0. The summed E-state index contributed by atoms with van der Waals surface area (Å²) >= 11 is 0. The number of allylic oxidation sites excluding steroid dienone is 7. The molecule has 68 valence electrons. The first-order valence-electron chi connectivity index (χ1n) is 4.59. The van der Waals surface area contributed by atoms with Crippen molar-refractivity contribution in [2.45, 2.75) is 12.8 Å². The lowest BCUT2D eigenvalue weighted by Crippen LogP contribution is -2.20. The average molecular weight is 174 g/mol. The van der Waals surface area contributed by atoms with Crippen LogP contribution in [-0.2, 0) is 0 Å². The first-order chi connectivity index (χ1) is 6.29. The van der Waals surface area contributed by atoms with E-state index in [1.807, 2.05) is 12.2 Å². The molecule has 2 nitrogen and oxygen atoms in total. The van der Waals surface area contributed by atoms with E-state index in [0.717, 1.165) is 24.2 Å². The topological polar surface area (TPSA) is 52.0 Å². The Hall–Kier alpha value is -1.44. The van der Waals surface area contributed by atoms with Crippen LogP contribution in [0, 0.1) is 5.92 Å². The highest BCUT2D eigenvalue weighted by Crippen LogP contribution is 2.31. The summed E-state index contributed by atoms with van der Waals surface area (Å²) < 4.78 is 0. The van der Waals surface area contributed by atoms with Gasteiger partial charge < -0.3 is 11.5 Å². The van der Waals surface area contributed by atoms with E-state index in [1.54, 1.807) is 0 Å². The maximum atomic E-state index is 5.91. The van der Waals surface area contributed by atoms with E-state index in [2.05, 4.69) is 18.2 Å². The van der Waals surface area contributed by atoms with Gasteiger partial charge in [-0.3, -0.25) is 0 Å². The van der Waals surface area contributed by atoms with Crippen molar-refractivity contribution >= 4 is 0 Å². The number of hydrogen-bond donors (Lipinski definition) is 2. The van der Waals surface area contributed by atoms with Crippen LogP contribution in [0.1, 0.15) is 12.8 Å². The van der Waals surface area contributed by atoms with Gasteiger partial charge in [-0.05, 0) is 30.6 Å². The SMILES string of the molecule is NC1=CC=C(N)C2CCC=CC=C12. The second-order valence-corrected chi connectivity index (χ2v) is 3.47. The monoisotopic (exact) mass is 174 g/mol. The van der Waals surface area contributed by atoms with E-state index in [1.165, 1.54) is 5.57 Å². The van der Waals surface area contributed by atoms with Crippen LogP contribution in [-0.4, -0.2) is 0 Å². The molecule has 0 aromatic carbocycles. The van der Waals surface area contributed by atoms with Gasteiger partial charge >= 0.3 is 0 Å². The number of hydrogen-bond acceptors (Lipinski definition) is 2. The van der Waals surface area contributed by atoms with Gasteiger partial charge in [0.1, 0.15) is 0 Å². The molecule has 0 aromatic rings. The molecule has 2 aliphatic carbocycles. The highest BCUT2D eigenvalue weighted by molar-refractivity contribution is 5.45. The van der Waals surface area contributed by atoms with Crippen LogP contribution in [0.4, 0.5) is 0 Å². The van der Waals surface area contributed by atoms with Crippen molar-refractivity contribution in [1.29, 1.82) is 0 Å². The quantitative estimate of drug-likeness (QED) is 0.585. The molecule has 0 amide bonds. The fourth-order valence-electron chi connectivity index (χ4n) is 1.84. The molecular weight excluding hydrogens is 160 g/mol. The van der Waals surface area contributed by atoms with Crippen molar-refractivity contribution in [2.75, 3.05) is 0 Å². The van der Waals surface area contributed by atoms with Gasteiger partial charge in [0.2, 0.25) is 0 Å². The lowest BCUT2D eigenvalue weighted by atomic mass is 9.86. The zero-order valence-electron chi connectivity index (χ0n) is 7.53. The number of nitrogens with two attached hydrogens (primary N) is 2. The van der Waals surface area contributed by atoms with Gasteiger partial charge in [-0.2, -0.15) is 0 Å². The third kappa shape index (κ3) is 1.39. The molecule has 2 rings (SSSR count). The Morgan fingerprint density at radius 2 is 2.00 bits per heavy atom. The smallest absolute Gasteiger partial charge is 0.0354 e. The molecule has 0 heterocycles. The molecule has 0 bridgehead atoms. The second-order valence-electron chi connectivity index (χ2n) is 3.47. The Labute approximate surface area is 78.3 Å². The minimum absolute atomic E-state index is 0.333. The van der Waals surface area contributed by atoms with Crippen LogP contribution in [0.3, 0.4) is 0 Å². The van der Waals surface area contributed by atoms with E-state index in [9.17, 15) is 0 Å². The molecule has 0 saturated heterocycles. The van der Waals surface area contributed by atoms with Crippen LogP contribution in [0.5, 0.6) is 0 Å². The summed E-state index contributed by atoms with van der Waals surface area (Å²) in [4.78, 5) is 0. The minimum atomic E-state index is 0.333. The zero-order valence-corrected chi connectivity index (χ0v) is 7.53. The lowest BCUT2D eigenvalue weighted by Gasteiger charge is -2.22. The Morgan fingerprint density at radius 1 is 1.15 bits per heavy atom. The summed E-state index contributed by atoms with van der Waals surface area (Å²) in [5, 5.41) is 0. The van der Waals surface area contributed by atoms with Crippen molar-refractivity contribution in [3.63, 3.8) is 0 Å². The zero-order chi connectivity index (χ0) is 9.26. The maximum absolute atomic E-state index is 5.91. The van der Waals surface area contributed by atoms with E-state index in [0.29, 0.717) is 5.92 Å². The first kappa shape index (κ1) is 8.17. The summed E-state index contributed by atoms with van der Waals surface area (Å²) in [6.07, 6.45) is 12.2. The van der Waals surface area contributed by atoms with Gasteiger partial charge in [-0.1, -0.05) is 18.2 Å².